The molecule has 0 aromatic carbocycles. The summed E-state index contributed by atoms with van der Waals surface area (Å²) < 4.78 is 0.868. The second kappa shape index (κ2) is 7.80. The fourth-order valence-corrected chi connectivity index (χ4v) is 2.24. The zero-order valence-electron chi connectivity index (χ0n) is 12.6. The monoisotopic (exact) mass is 328 g/mol. The molecule has 19 heavy (non-hydrogen) atoms. The first-order valence-corrected chi connectivity index (χ1v) is 7.64. The summed E-state index contributed by atoms with van der Waals surface area (Å²) in [6.07, 6.45) is 0.857. The predicted molar refractivity (Wildman–Crippen MR) is 84.7 cm³/mol. The summed E-state index contributed by atoms with van der Waals surface area (Å²) >= 11 is 3.48. The quantitative estimate of drug-likeness (QED) is 0.720. The van der Waals surface area contributed by atoms with Crippen LogP contribution in [0.4, 0.5) is 5.82 Å². The second-order valence-corrected chi connectivity index (χ2v) is 6.27. The Labute approximate surface area is 125 Å². The molecule has 1 heterocycles. The molecule has 0 saturated carbocycles. The summed E-state index contributed by atoms with van der Waals surface area (Å²) in [5.41, 5.74) is 0. The molecule has 0 fully saturated rings. The van der Waals surface area contributed by atoms with Crippen LogP contribution in [-0.4, -0.2) is 48.6 Å². The van der Waals surface area contributed by atoms with E-state index in [4.69, 9.17) is 0 Å². The van der Waals surface area contributed by atoms with Crippen LogP contribution >= 0.6 is 15.9 Å². The third-order valence-electron chi connectivity index (χ3n) is 2.77. The van der Waals surface area contributed by atoms with Crippen LogP contribution in [0.15, 0.2) is 10.7 Å². The van der Waals surface area contributed by atoms with Crippen molar-refractivity contribution >= 4 is 21.7 Å². The molecular formula is C14H25BrN4. The molecule has 5 heteroatoms. The summed E-state index contributed by atoms with van der Waals surface area (Å²) in [5.74, 6) is 2.53. The van der Waals surface area contributed by atoms with Crippen molar-refractivity contribution in [2.45, 2.75) is 27.2 Å². The van der Waals surface area contributed by atoms with Gasteiger partial charge in [-0.05, 0) is 35.9 Å². The van der Waals surface area contributed by atoms with Crippen LogP contribution in [0.5, 0.6) is 0 Å². The molecule has 0 unspecified atom stereocenters. The van der Waals surface area contributed by atoms with Crippen LogP contribution < -0.4 is 4.90 Å². The lowest BCUT2D eigenvalue weighted by Crippen LogP contribution is -2.35. The number of nitrogens with zero attached hydrogens (tertiary/aromatic N) is 4. The average molecular weight is 329 g/mol. The lowest BCUT2D eigenvalue weighted by Gasteiger charge is -2.27. The van der Waals surface area contributed by atoms with Gasteiger partial charge in [-0.25, -0.2) is 9.97 Å². The molecule has 0 aliphatic rings. The van der Waals surface area contributed by atoms with Crippen LogP contribution in [0.1, 0.15) is 26.6 Å². The molecule has 0 amide bonds. The zero-order chi connectivity index (χ0) is 14.4. The van der Waals surface area contributed by atoms with E-state index in [0.717, 1.165) is 42.3 Å². The van der Waals surface area contributed by atoms with Gasteiger partial charge in [0.05, 0.1) is 0 Å². The Bertz CT molecular complexity index is 393. The summed E-state index contributed by atoms with van der Waals surface area (Å²) in [6, 6.07) is 2.01. The Morgan fingerprint density at radius 2 is 1.89 bits per heavy atom. The maximum atomic E-state index is 4.65. The number of hydrogen-bond donors (Lipinski definition) is 0. The van der Waals surface area contributed by atoms with Crippen molar-refractivity contribution in [3.05, 3.63) is 16.5 Å². The molecule has 0 N–H and O–H groups in total. The van der Waals surface area contributed by atoms with Crippen LogP contribution in [0.25, 0.3) is 0 Å². The molecule has 108 valence electrons. The van der Waals surface area contributed by atoms with E-state index in [0.29, 0.717) is 5.92 Å². The first kappa shape index (κ1) is 16.4. The van der Waals surface area contributed by atoms with Crippen molar-refractivity contribution in [3.8, 4) is 0 Å². The van der Waals surface area contributed by atoms with Gasteiger partial charge < -0.3 is 9.80 Å². The second-order valence-electron chi connectivity index (χ2n) is 5.46. The normalized spacial score (nSPS) is 11.4. The molecule has 0 atom stereocenters. The van der Waals surface area contributed by atoms with E-state index in [1.807, 2.05) is 6.07 Å². The highest BCUT2D eigenvalue weighted by atomic mass is 79.9. The smallest absolute Gasteiger partial charge is 0.133 e. The molecule has 0 radical (unpaired) electrons. The van der Waals surface area contributed by atoms with Crippen LogP contribution in [0.2, 0.25) is 0 Å². The number of hydrogen-bond acceptors (Lipinski definition) is 4. The van der Waals surface area contributed by atoms with Crippen LogP contribution in [-0.2, 0) is 6.42 Å². The van der Waals surface area contributed by atoms with Gasteiger partial charge in [-0.3, -0.25) is 0 Å². The summed E-state index contributed by atoms with van der Waals surface area (Å²) in [6.45, 7) is 9.57. The highest BCUT2D eigenvalue weighted by molar-refractivity contribution is 9.10. The van der Waals surface area contributed by atoms with Crippen molar-refractivity contribution < 1.29 is 0 Å². The third-order valence-corrected chi connectivity index (χ3v) is 3.18. The molecule has 1 aromatic heterocycles. The fourth-order valence-electron chi connectivity index (χ4n) is 1.83. The maximum Gasteiger partial charge on any atom is 0.133 e. The Balaban J connectivity index is 2.91. The van der Waals surface area contributed by atoms with Gasteiger partial charge in [0.15, 0.2) is 0 Å². The van der Waals surface area contributed by atoms with Gasteiger partial charge in [-0.15, -0.1) is 0 Å². The SMILES string of the molecule is CCc1nc(Br)cc(N(CCN(C)C)CC(C)C)n1. The maximum absolute atomic E-state index is 4.65. The Kier molecular flexibility index (Phi) is 6.72. The number of rotatable bonds is 7. The highest BCUT2D eigenvalue weighted by Gasteiger charge is 2.12. The predicted octanol–water partition coefficient (Wildman–Crippen LogP) is 2.83. The molecule has 1 aromatic rings. The Morgan fingerprint density at radius 1 is 1.21 bits per heavy atom. The van der Waals surface area contributed by atoms with E-state index < -0.39 is 0 Å². The number of likely N-dealkylation sites (N-methyl/N-ethyl adjacent to an activating group) is 1. The molecule has 0 aliphatic carbocycles. The van der Waals surface area contributed by atoms with Crippen molar-refractivity contribution in [1.29, 1.82) is 0 Å². The molecule has 0 bridgehead atoms. The molecular weight excluding hydrogens is 304 g/mol. The average Bonchev–Trinajstić information content (AvgIpc) is 2.32. The third kappa shape index (κ3) is 5.87. The van der Waals surface area contributed by atoms with E-state index in [2.05, 4.69) is 70.6 Å². The highest BCUT2D eigenvalue weighted by Crippen LogP contribution is 2.18. The summed E-state index contributed by atoms with van der Waals surface area (Å²) in [4.78, 5) is 13.6. The standard InChI is InChI=1S/C14H25BrN4/c1-6-13-16-12(15)9-14(17-13)19(10-11(2)3)8-7-18(4)5/h9,11H,6-8,10H2,1-5H3. The van der Waals surface area contributed by atoms with Crippen molar-refractivity contribution in [2.24, 2.45) is 5.92 Å². The lowest BCUT2D eigenvalue weighted by atomic mass is 10.2. The number of halogens is 1. The lowest BCUT2D eigenvalue weighted by molar-refractivity contribution is 0.408. The van der Waals surface area contributed by atoms with E-state index >= 15 is 0 Å². The van der Waals surface area contributed by atoms with Gasteiger partial charge >= 0.3 is 0 Å². The fraction of sp³-hybridized carbons (Fsp3) is 0.714. The Hall–Kier alpha value is -0.680. The van der Waals surface area contributed by atoms with E-state index in [9.17, 15) is 0 Å². The van der Waals surface area contributed by atoms with Gasteiger partial charge in [0.2, 0.25) is 0 Å². The van der Waals surface area contributed by atoms with Crippen molar-refractivity contribution in [3.63, 3.8) is 0 Å². The van der Waals surface area contributed by atoms with Crippen LogP contribution in [0, 0.1) is 5.92 Å². The number of aryl methyl sites for hydroxylation is 1. The number of anilines is 1. The van der Waals surface area contributed by atoms with Gasteiger partial charge in [0.1, 0.15) is 16.2 Å². The first-order valence-electron chi connectivity index (χ1n) is 6.85. The molecule has 0 aliphatic heterocycles. The van der Waals surface area contributed by atoms with Gasteiger partial charge in [0.25, 0.3) is 0 Å². The van der Waals surface area contributed by atoms with Crippen molar-refractivity contribution in [2.75, 3.05) is 38.6 Å². The topological polar surface area (TPSA) is 32.3 Å². The minimum absolute atomic E-state index is 0.612. The molecule has 1 rings (SSSR count). The van der Waals surface area contributed by atoms with Gasteiger partial charge in [-0.2, -0.15) is 0 Å². The molecule has 0 spiro atoms. The van der Waals surface area contributed by atoms with Crippen LogP contribution in [0.3, 0.4) is 0 Å². The van der Waals surface area contributed by atoms with Gasteiger partial charge in [0, 0.05) is 32.1 Å². The summed E-state index contributed by atoms with van der Waals surface area (Å²) in [7, 11) is 4.20. The van der Waals surface area contributed by atoms with E-state index in [1.165, 1.54) is 0 Å². The Morgan fingerprint density at radius 3 is 2.42 bits per heavy atom. The first-order chi connectivity index (χ1) is 8.92. The minimum atomic E-state index is 0.612. The van der Waals surface area contributed by atoms with Gasteiger partial charge in [-0.1, -0.05) is 20.8 Å². The van der Waals surface area contributed by atoms with E-state index in [-0.39, 0.29) is 0 Å². The molecule has 0 saturated heterocycles. The van der Waals surface area contributed by atoms with Crippen molar-refractivity contribution in [1.82, 2.24) is 14.9 Å². The minimum Gasteiger partial charge on any atom is -0.355 e. The zero-order valence-corrected chi connectivity index (χ0v) is 14.2. The number of aromatic nitrogens is 2. The van der Waals surface area contributed by atoms with E-state index in [1.54, 1.807) is 0 Å². The largest absolute Gasteiger partial charge is 0.355 e. The molecule has 4 nitrogen and oxygen atoms in total. The summed E-state index contributed by atoms with van der Waals surface area (Å²) in [5, 5.41) is 0.